The number of carbonyl (C=O) groups is 2. The van der Waals surface area contributed by atoms with E-state index < -0.39 is 0 Å². The summed E-state index contributed by atoms with van der Waals surface area (Å²) in [5.41, 5.74) is 6.57. The van der Waals surface area contributed by atoms with Gasteiger partial charge in [0.15, 0.2) is 18.2 Å². The molecule has 3 rings (SSSR count). The molecule has 0 atom stereocenters. The third-order valence-electron chi connectivity index (χ3n) is 3.80. The molecule has 0 aliphatic carbocycles. The van der Waals surface area contributed by atoms with Crippen molar-refractivity contribution in [3.8, 4) is 0 Å². The Bertz CT molecular complexity index is 870. The molecule has 0 spiro atoms. The zero-order valence-electron chi connectivity index (χ0n) is 12.6. The monoisotopic (exact) mass is 305 g/mol. The Hall–Kier alpha value is -2.85. The number of hydrogen-bond acceptors (Lipinski definition) is 3. The number of rotatable bonds is 5. The topological polar surface area (TPSA) is 64.0 Å². The third-order valence-corrected chi connectivity index (χ3v) is 3.80. The quantitative estimate of drug-likeness (QED) is 0.580. The zero-order valence-corrected chi connectivity index (χ0v) is 12.6. The number of nitrogens with zero attached hydrogens (tertiary/aromatic N) is 1. The summed E-state index contributed by atoms with van der Waals surface area (Å²) < 4.78 is 1.75. The van der Waals surface area contributed by atoms with Crippen molar-refractivity contribution in [2.75, 3.05) is 6.54 Å². The van der Waals surface area contributed by atoms with Gasteiger partial charge in [-0.2, -0.15) is 4.57 Å². The molecule has 4 nitrogen and oxygen atoms in total. The maximum absolute atomic E-state index is 12.4. The molecule has 0 radical (unpaired) electrons. The minimum absolute atomic E-state index is 0.0139. The molecule has 114 valence electrons. The summed E-state index contributed by atoms with van der Waals surface area (Å²) in [6, 6.07) is 17.0. The van der Waals surface area contributed by atoms with Crippen LogP contribution in [0.2, 0.25) is 0 Å². The molecule has 2 N–H and O–H groups in total. The fourth-order valence-electron chi connectivity index (χ4n) is 2.49. The Morgan fingerprint density at radius 2 is 1.52 bits per heavy atom. The fraction of sp³-hybridized carbons (Fsp3) is 0.105. The molecule has 0 fully saturated rings. The Morgan fingerprint density at radius 3 is 2.22 bits per heavy atom. The number of hydrogen-bond donors (Lipinski definition) is 1. The van der Waals surface area contributed by atoms with Crippen molar-refractivity contribution in [2.45, 2.75) is 6.54 Å². The number of fused-ring (bicyclic) bond motifs is 1. The number of carbonyl (C=O) groups excluding carboxylic acids is 2. The van der Waals surface area contributed by atoms with Crippen molar-refractivity contribution in [2.24, 2.45) is 5.73 Å². The molecule has 1 heterocycles. The number of nitrogens with two attached hydrogens (primary N) is 1. The minimum atomic E-state index is -0.113. The summed E-state index contributed by atoms with van der Waals surface area (Å²) in [6.45, 7) is 0.218. The van der Waals surface area contributed by atoms with Gasteiger partial charge in [0.25, 0.3) is 0 Å². The highest BCUT2D eigenvalue weighted by Crippen LogP contribution is 2.16. The van der Waals surface area contributed by atoms with Crippen LogP contribution in [-0.4, -0.2) is 18.1 Å². The molecule has 23 heavy (non-hydrogen) atoms. The molecule has 2 aromatic carbocycles. The van der Waals surface area contributed by atoms with Gasteiger partial charge in [0.2, 0.25) is 12.3 Å². The van der Waals surface area contributed by atoms with E-state index >= 15 is 0 Å². The van der Waals surface area contributed by atoms with Gasteiger partial charge in [0.05, 0.1) is 6.54 Å². The van der Waals surface area contributed by atoms with Gasteiger partial charge in [-0.1, -0.05) is 36.4 Å². The molecule has 4 heteroatoms. The second-order valence-electron chi connectivity index (χ2n) is 5.37. The Morgan fingerprint density at radius 1 is 0.826 bits per heavy atom. The Labute approximate surface area is 134 Å². The maximum Gasteiger partial charge on any atom is 0.227 e. The molecule has 0 saturated heterocycles. The predicted octanol–water partition coefficient (Wildman–Crippen LogP) is 2.15. The van der Waals surface area contributed by atoms with E-state index in [4.69, 9.17) is 5.73 Å². The third kappa shape index (κ3) is 3.33. The van der Waals surface area contributed by atoms with Crippen molar-refractivity contribution in [3.63, 3.8) is 0 Å². The summed E-state index contributed by atoms with van der Waals surface area (Å²) in [4.78, 5) is 23.9. The standard InChI is InChI=1S/C19H17N2O2/c20-12-18(22)15-7-9-21(10-8-15)13-19(23)17-6-5-14-3-1-2-4-16(14)11-17/h1-11H,12-13,20H2/q+1. The molecule has 0 amide bonds. The van der Waals surface area contributed by atoms with E-state index in [1.165, 1.54) is 0 Å². The van der Waals surface area contributed by atoms with Crippen LogP contribution in [0.1, 0.15) is 20.7 Å². The number of Topliss-reactive ketones (excluding diaryl/α,β-unsaturated/α-hetero) is 2. The van der Waals surface area contributed by atoms with Gasteiger partial charge in [-0.25, -0.2) is 0 Å². The van der Waals surface area contributed by atoms with E-state index in [9.17, 15) is 9.59 Å². The number of pyridine rings is 1. The number of ketones is 2. The van der Waals surface area contributed by atoms with Crippen molar-refractivity contribution in [1.29, 1.82) is 0 Å². The second-order valence-corrected chi connectivity index (χ2v) is 5.37. The molecule has 0 bridgehead atoms. The van der Waals surface area contributed by atoms with Crippen molar-refractivity contribution < 1.29 is 14.2 Å². The van der Waals surface area contributed by atoms with Crippen molar-refractivity contribution in [1.82, 2.24) is 0 Å². The van der Waals surface area contributed by atoms with Crippen LogP contribution in [0.3, 0.4) is 0 Å². The summed E-state index contributed by atoms with van der Waals surface area (Å²) in [6.07, 6.45) is 3.45. The fourth-order valence-corrected chi connectivity index (χ4v) is 2.49. The molecule has 3 aromatic rings. The van der Waals surface area contributed by atoms with Crippen LogP contribution in [-0.2, 0) is 6.54 Å². The van der Waals surface area contributed by atoms with E-state index in [2.05, 4.69) is 0 Å². The number of aromatic nitrogens is 1. The van der Waals surface area contributed by atoms with Gasteiger partial charge >= 0.3 is 0 Å². The average Bonchev–Trinajstić information content (AvgIpc) is 2.61. The molecule has 1 aromatic heterocycles. The lowest BCUT2D eigenvalue weighted by Crippen LogP contribution is -2.37. The lowest BCUT2D eigenvalue weighted by atomic mass is 10.0. The van der Waals surface area contributed by atoms with E-state index in [1.807, 2.05) is 42.5 Å². The predicted molar refractivity (Wildman–Crippen MR) is 88.3 cm³/mol. The van der Waals surface area contributed by atoms with E-state index in [0.717, 1.165) is 10.8 Å². The SMILES string of the molecule is NCC(=O)c1cc[n+](CC(=O)c2ccc3ccccc3c2)cc1. The molecular weight excluding hydrogens is 288 g/mol. The van der Waals surface area contributed by atoms with Gasteiger partial charge in [-0.3, -0.25) is 9.59 Å². The summed E-state index contributed by atoms with van der Waals surface area (Å²) in [5.74, 6) is -0.0864. The highest BCUT2D eigenvalue weighted by atomic mass is 16.1. The van der Waals surface area contributed by atoms with E-state index in [1.54, 1.807) is 29.1 Å². The minimum Gasteiger partial charge on any atom is -0.324 e. The van der Waals surface area contributed by atoms with Gasteiger partial charge in [-0.15, -0.1) is 0 Å². The average molecular weight is 305 g/mol. The summed E-state index contributed by atoms with van der Waals surface area (Å²) >= 11 is 0. The van der Waals surface area contributed by atoms with E-state index in [0.29, 0.717) is 11.1 Å². The van der Waals surface area contributed by atoms with Crippen molar-refractivity contribution in [3.05, 3.63) is 78.1 Å². The van der Waals surface area contributed by atoms with Gasteiger partial charge in [-0.05, 0) is 16.8 Å². The first kappa shape index (κ1) is 15.1. The Kier molecular flexibility index (Phi) is 4.26. The van der Waals surface area contributed by atoms with Crippen LogP contribution in [0.15, 0.2) is 67.0 Å². The largest absolute Gasteiger partial charge is 0.324 e. The van der Waals surface area contributed by atoms with Gasteiger partial charge < -0.3 is 5.73 Å². The van der Waals surface area contributed by atoms with Crippen LogP contribution in [0.5, 0.6) is 0 Å². The molecule has 0 aliphatic rings. The molecule has 0 saturated carbocycles. The molecule has 0 unspecified atom stereocenters. The first-order valence-corrected chi connectivity index (χ1v) is 7.42. The first-order chi connectivity index (χ1) is 11.2. The van der Waals surface area contributed by atoms with Crippen LogP contribution in [0.25, 0.3) is 10.8 Å². The van der Waals surface area contributed by atoms with Gasteiger partial charge in [0, 0.05) is 23.3 Å². The Balaban J connectivity index is 1.78. The highest BCUT2D eigenvalue weighted by molar-refractivity contribution is 5.99. The molecular formula is C19H17N2O2+. The van der Waals surface area contributed by atoms with Crippen LogP contribution in [0.4, 0.5) is 0 Å². The normalized spacial score (nSPS) is 10.7. The van der Waals surface area contributed by atoms with E-state index in [-0.39, 0.29) is 24.7 Å². The zero-order chi connectivity index (χ0) is 16.2. The lowest BCUT2D eigenvalue weighted by Gasteiger charge is -2.02. The van der Waals surface area contributed by atoms with Crippen LogP contribution < -0.4 is 10.3 Å². The smallest absolute Gasteiger partial charge is 0.227 e. The summed E-state index contributed by atoms with van der Waals surface area (Å²) in [7, 11) is 0. The number of benzene rings is 2. The molecule has 0 aliphatic heterocycles. The lowest BCUT2D eigenvalue weighted by molar-refractivity contribution is -0.683. The van der Waals surface area contributed by atoms with Crippen molar-refractivity contribution >= 4 is 22.3 Å². The summed E-state index contributed by atoms with van der Waals surface area (Å²) in [5, 5.41) is 2.16. The maximum atomic E-state index is 12.4. The van der Waals surface area contributed by atoms with Crippen LogP contribution in [0, 0.1) is 0 Å². The second kappa shape index (κ2) is 6.50. The van der Waals surface area contributed by atoms with Gasteiger partial charge in [0.1, 0.15) is 0 Å². The van der Waals surface area contributed by atoms with Crippen LogP contribution >= 0.6 is 0 Å². The first-order valence-electron chi connectivity index (χ1n) is 7.42. The highest BCUT2D eigenvalue weighted by Gasteiger charge is 2.13.